The predicted octanol–water partition coefficient (Wildman–Crippen LogP) is 6.76. The fraction of sp³-hybridized carbons (Fsp3) is 0.667. The van der Waals surface area contributed by atoms with Gasteiger partial charge >= 0.3 is 0 Å². The van der Waals surface area contributed by atoms with Crippen LogP contribution in [-0.2, 0) is 6.42 Å². The molecule has 1 aromatic rings. The zero-order chi connectivity index (χ0) is 17.6. The van der Waals surface area contributed by atoms with Crippen molar-refractivity contribution in [1.82, 2.24) is 0 Å². The van der Waals surface area contributed by atoms with Crippen LogP contribution >= 0.6 is 0 Å². The first-order chi connectivity index (χ1) is 12.0. The van der Waals surface area contributed by atoms with Crippen molar-refractivity contribution in [2.45, 2.75) is 84.5 Å². The minimum Gasteiger partial charge on any atom is -0.508 e. The number of unbranched alkanes of at least 4 members (excludes halogenated alkanes) is 1. The number of aromatic hydroxyl groups is 1. The van der Waals surface area contributed by atoms with Crippen molar-refractivity contribution >= 4 is 0 Å². The summed E-state index contributed by atoms with van der Waals surface area (Å²) < 4.78 is 0. The van der Waals surface area contributed by atoms with Gasteiger partial charge in [0.1, 0.15) is 5.75 Å². The normalized spacial score (nSPS) is 35.7. The summed E-state index contributed by atoms with van der Waals surface area (Å²) in [6, 6.07) is 6.15. The highest BCUT2D eigenvalue weighted by molar-refractivity contribution is 5.41. The maximum absolute atomic E-state index is 9.84. The third-order valence-electron chi connectivity index (χ3n) is 7.91. The first kappa shape index (κ1) is 17.2. The maximum Gasteiger partial charge on any atom is 0.115 e. The average molecular weight is 339 g/mol. The van der Waals surface area contributed by atoms with E-state index in [9.17, 15) is 5.11 Å². The van der Waals surface area contributed by atoms with Crippen molar-refractivity contribution in [1.29, 1.82) is 0 Å². The van der Waals surface area contributed by atoms with Crippen LogP contribution in [-0.4, -0.2) is 5.11 Å². The summed E-state index contributed by atoms with van der Waals surface area (Å²) in [5.41, 5.74) is 6.98. The lowest BCUT2D eigenvalue weighted by Gasteiger charge is -2.50. The van der Waals surface area contributed by atoms with Gasteiger partial charge in [0, 0.05) is 0 Å². The topological polar surface area (TPSA) is 20.2 Å². The molecule has 1 nitrogen and oxygen atoms in total. The Hall–Kier alpha value is -1.24. The van der Waals surface area contributed by atoms with E-state index in [2.05, 4.69) is 26.8 Å². The highest BCUT2D eigenvalue weighted by atomic mass is 16.3. The van der Waals surface area contributed by atoms with Crippen LogP contribution in [0.1, 0.15) is 89.2 Å². The van der Waals surface area contributed by atoms with E-state index < -0.39 is 0 Å². The fourth-order valence-electron chi connectivity index (χ4n) is 6.68. The molecule has 0 radical (unpaired) electrons. The molecule has 25 heavy (non-hydrogen) atoms. The van der Waals surface area contributed by atoms with Gasteiger partial charge in [-0.05, 0) is 105 Å². The Morgan fingerprint density at radius 2 is 2.04 bits per heavy atom. The Labute approximate surface area is 153 Å². The van der Waals surface area contributed by atoms with E-state index in [4.69, 9.17) is 0 Å². The summed E-state index contributed by atoms with van der Waals surface area (Å²) in [4.78, 5) is 0. The SMILES string of the molecule is CCCC/C(C)=C1/CC[C@H]2[C@@H]3CCc4cc(O)ccc4[C@H]3CC[C@]12C. The lowest BCUT2D eigenvalue weighted by molar-refractivity contribution is 0.0807. The number of fused-ring (bicyclic) bond motifs is 5. The van der Waals surface area contributed by atoms with E-state index in [0.29, 0.717) is 11.2 Å². The molecule has 1 N–H and O–H groups in total. The Kier molecular flexibility index (Phi) is 4.46. The molecule has 2 fully saturated rings. The second kappa shape index (κ2) is 6.49. The molecule has 0 bridgehead atoms. The fourth-order valence-corrected chi connectivity index (χ4v) is 6.68. The summed E-state index contributed by atoms with van der Waals surface area (Å²) >= 11 is 0. The van der Waals surface area contributed by atoms with Gasteiger partial charge in [-0.3, -0.25) is 0 Å². The number of allylic oxidation sites excluding steroid dienone is 2. The van der Waals surface area contributed by atoms with Crippen LogP contribution in [0.2, 0.25) is 0 Å². The minimum absolute atomic E-state index is 0.440. The van der Waals surface area contributed by atoms with Crippen molar-refractivity contribution < 1.29 is 5.11 Å². The van der Waals surface area contributed by atoms with Crippen molar-refractivity contribution in [3.8, 4) is 5.75 Å². The number of phenols is 1. The molecule has 4 rings (SSSR count). The van der Waals surface area contributed by atoms with Crippen molar-refractivity contribution in [2.24, 2.45) is 17.3 Å². The molecule has 0 aromatic heterocycles. The van der Waals surface area contributed by atoms with E-state index in [0.717, 1.165) is 24.2 Å². The van der Waals surface area contributed by atoms with Crippen LogP contribution in [0.3, 0.4) is 0 Å². The standard InChI is InChI=1S/C24H34O/c1-4-5-6-16(2)22-11-12-23-21-9-7-17-15-18(25)8-10-19(17)20(21)13-14-24(22,23)3/h8,10,15,20-21,23,25H,4-7,9,11-14H2,1-3H3/b22-16-/t20-,21-,23+,24-/m1/s1. The van der Waals surface area contributed by atoms with Gasteiger partial charge in [0.05, 0.1) is 0 Å². The van der Waals surface area contributed by atoms with Gasteiger partial charge in [-0.1, -0.05) is 37.5 Å². The Bertz CT molecular complexity index is 685. The first-order valence-corrected chi connectivity index (χ1v) is 10.6. The van der Waals surface area contributed by atoms with Gasteiger partial charge in [-0.15, -0.1) is 0 Å². The number of hydrogen-bond donors (Lipinski definition) is 1. The lowest BCUT2D eigenvalue weighted by atomic mass is 9.55. The van der Waals surface area contributed by atoms with Crippen LogP contribution in [0, 0.1) is 17.3 Å². The molecule has 1 aromatic carbocycles. The number of rotatable bonds is 3. The zero-order valence-corrected chi connectivity index (χ0v) is 16.3. The summed E-state index contributed by atoms with van der Waals surface area (Å²) in [7, 11) is 0. The van der Waals surface area contributed by atoms with E-state index >= 15 is 0 Å². The predicted molar refractivity (Wildman–Crippen MR) is 105 cm³/mol. The third-order valence-corrected chi connectivity index (χ3v) is 7.91. The molecule has 0 saturated heterocycles. The summed E-state index contributed by atoms with van der Waals surface area (Å²) in [6.07, 6.45) is 11.9. The van der Waals surface area contributed by atoms with Crippen LogP contribution in [0.5, 0.6) is 5.75 Å². The molecular weight excluding hydrogens is 304 g/mol. The number of hydrogen-bond acceptors (Lipinski definition) is 1. The molecule has 3 aliphatic rings. The van der Waals surface area contributed by atoms with Crippen molar-refractivity contribution in [3.63, 3.8) is 0 Å². The molecule has 3 aliphatic carbocycles. The maximum atomic E-state index is 9.84. The monoisotopic (exact) mass is 338 g/mol. The molecule has 0 spiro atoms. The van der Waals surface area contributed by atoms with Gasteiger partial charge in [0.2, 0.25) is 0 Å². The van der Waals surface area contributed by atoms with Gasteiger partial charge in [-0.2, -0.15) is 0 Å². The van der Waals surface area contributed by atoms with Gasteiger partial charge in [-0.25, -0.2) is 0 Å². The Balaban J connectivity index is 1.63. The molecule has 0 amide bonds. The molecule has 136 valence electrons. The summed E-state index contributed by atoms with van der Waals surface area (Å²) in [6.45, 7) is 7.32. The number of benzene rings is 1. The molecule has 0 heterocycles. The minimum atomic E-state index is 0.440. The third kappa shape index (κ3) is 2.75. The van der Waals surface area contributed by atoms with Crippen LogP contribution in [0.15, 0.2) is 29.3 Å². The van der Waals surface area contributed by atoms with Crippen LogP contribution in [0.4, 0.5) is 0 Å². The molecule has 4 atom stereocenters. The second-order valence-corrected chi connectivity index (χ2v) is 9.16. The van der Waals surface area contributed by atoms with Crippen molar-refractivity contribution in [3.05, 3.63) is 40.5 Å². The quantitative estimate of drug-likeness (QED) is 0.604. The van der Waals surface area contributed by atoms with E-state index in [-0.39, 0.29) is 0 Å². The van der Waals surface area contributed by atoms with Crippen molar-refractivity contribution in [2.75, 3.05) is 0 Å². The molecule has 0 aliphatic heterocycles. The van der Waals surface area contributed by atoms with Gasteiger partial charge in [0.25, 0.3) is 0 Å². The Morgan fingerprint density at radius 1 is 1.20 bits per heavy atom. The first-order valence-electron chi connectivity index (χ1n) is 10.6. The van der Waals surface area contributed by atoms with E-state index in [1.54, 1.807) is 11.1 Å². The molecular formula is C24H34O. The van der Waals surface area contributed by atoms with Gasteiger partial charge < -0.3 is 5.11 Å². The highest BCUT2D eigenvalue weighted by Gasteiger charge is 2.52. The molecule has 2 saturated carbocycles. The van der Waals surface area contributed by atoms with Gasteiger partial charge in [0.15, 0.2) is 0 Å². The molecule has 0 unspecified atom stereocenters. The summed E-state index contributed by atoms with van der Waals surface area (Å²) in [5.74, 6) is 2.90. The lowest BCUT2D eigenvalue weighted by Crippen LogP contribution is -2.40. The van der Waals surface area contributed by atoms with E-state index in [1.807, 2.05) is 17.7 Å². The number of aryl methyl sites for hydroxylation is 1. The summed E-state index contributed by atoms with van der Waals surface area (Å²) in [5, 5.41) is 9.84. The molecule has 1 heteroatoms. The van der Waals surface area contributed by atoms with E-state index in [1.165, 1.54) is 56.9 Å². The Morgan fingerprint density at radius 3 is 2.84 bits per heavy atom. The second-order valence-electron chi connectivity index (χ2n) is 9.16. The largest absolute Gasteiger partial charge is 0.508 e. The average Bonchev–Trinajstić information content (AvgIpc) is 2.96. The van der Waals surface area contributed by atoms with Crippen LogP contribution < -0.4 is 0 Å². The number of phenolic OH excluding ortho intramolecular Hbond substituents is 1. The highest BCUT2D eigenvalue weighted by Crippen LogP contribution is 2.63. The zero-order valence-electron chi connectivity index (χ0n) is 16.3. The smallest absolute Gasteiger partial charge is 0.115 e. The van der Waals surface area contributed by atoms with Crippen LogP contribution in [0.25, 0.3) is 0 Å².